The minimum atomic E-state index is 0.0401. The zero-order valence-electron chi connectivity index (χ0n) is 11.4. The zero-order valence-corrected chi connectivity index (χ0v) is 12.2. The summed E-state index contributed by atoms with van der Waals surface area (Å²) in [6.07, 6.45) is 2.30. The molecule has 1 heterocycles. The molecule has 1 aliphatic rings. The summed E-state index contributed by atoms with van der Waals surface area (Å²) >= 11 is 1.43. The van der Waals surface area contributed by atoms with Crippen molar-refractivity contribution in [3.8, 4) is 0 Å². The third-order valence-corrected chi connectivity index (χ3v) is 3.81. The van der Waals surface area contributed by atoms with Crippen LogP contribution in [0.5, 0.6) is 0 Å². The number of rotatable bonds is 7. The van der Waals surface area contributed by atoms with Crippen molar-refractivity contribution >= 4 is 17.7 Å². The number of nitrogens with one attached hydrogen (secondary N) is 1. The normalized spacial score (nSPS) is 14.9. The van der Waals surface area contributed by atoms with Gasteiger partial charge in [0.25, 0.3) is 0 Å². The lowest BCUT2D eigenvalue weighted by atomic mass is 10.2. The fraction of sp³-hybridized carbons (Fsp3) is 0.750. The first-order chi connectivity index (χ1) is 9.11. The fourth-order valence-corrected chi connectivity index (χ4v) is 2.60. The van der Waals surface area contributed by atoms with Crippen molar-refractivity contribution in [2.24, 2.45) is 11.7 Å². The van der Waals surface area contributed by atoms with Crippen molar-refractivity contribution in [1.29, 1.82) is 0 Å². The molecular weight excluding hydrogens is 262 g/mol. The molecule has 0 atom stereocenters. The Labute approximate surface area is 117 Å². The van der Waals surface area contributed by atoms with Gasteiger partial charge in [0, 0.05) is 12.6 Å². The van der Waals surface area contributed by atoms with Crippen LogP contribution in [0.1, 0.15) is 38.6 Å². The highest BCUT2D eigenvalue weighted by Crippen LogP contribution is 2.38. The van der Waals surface area contributed by atoms with Gasteiger partial charge in [0.2, 0.25) is 5.91 Å². The van der Waals surface area contributed by atoms with E-state index in [1.165, 1.54) is 11.8 Å². The Morgan fingerprint density at radius 2 is 2.26 bits per heavy atom. The molecule has 0 spiro atoms. The number of nitrogens with zero attached hydrogens (tertiary/aromatic N) is 3. The van der Waals surface area contributed by atoms with Gasteiger partial charge >= 0.3 is 0 Å². The Morgan fingerprint density at radius 3 is 2.84 bits per heavy atom. The van der Waals surface area contributed by atoms with Crippen LogP contribution >= 0.6 is 11.8 Å². The van der Waals surface area contributed by atoms with Crippen LogP contribution in [-0.2, 0) is 11.3 Å². The van der Waals surface area contributed by atoms with Gasteiger partial charge in [0.1, 0.15) is 5.82 Å². The van der Waals surface area contributed by atoms with Crippen molar-refractivity contribution < 1.29 is 4.79 Å². The van der Waals surface area contributed by atoms with E-state index in [1.54, 1.807) is 0 Å². The third-order valence-electron chi connectivity index (χ3n) is 2.87. The van der Waals surface area contributed by atoms with E-state index in [0.717, 1.165) is 23.8 Å². The van der Waals surface area contributed by atoms with E-state index >= 15 is 0 Å². The lowest BCUT2D eigenvalue weighted by molar-refractivity contribution is -0.118. The van der Waals surface area contributed by atoms with Crippen molar-refractivity contribution in [1.82, 2.24) is 20.1 Å². The number of amides is 1. The van der Waals surface area contributed by atoms with E-state index in [9.17, 15) is 4.79 Å². The Morgan fingerprint density at radius 1 is 1.53 bits per heavy atom. The number of hydrogen-bond acceptors (Lipinski definition) is 5. The average Bonchev–Trinajstić information content (AvgIpc) is 3.14. The van der Waals surface area contributed by atoms with Crippen LogP contribution in [0.4, 0.5) is 0 Å². The number of nitrogens with two attached hydrogens (primary N) is 1. The molecule has 1 aliphatic carbocycles. The fourth-order valence-electron chi connectivity index (χ4n) is 1.74. The second-order valence-electron chi connectivity index (χ2n) is 5.19. The van der Waals surface area contributed by atoms with Crippen molar-refractivity contribution in [3.05, 3.63) is 5.82 Å². The van der Waals surface area contributed by atoms with Crippen molar-refractivity contribution in [3.63, 3.8) is 0 Å². The van der Waals surface area contributed by atoms with Crippen LogP contribution in [0.25, 0.3) is 0 Å². The molecule has 1 saturated carbocycles. The second-order valence-corrected chi connectivity index (χ2v) is 6.13. The lowest BCUT2D eigenvalue weighted by Gasteiger charge is -2.09. The maximum absolute atomic E-state index is 11.7. The summed E-state index contributed by atoms with van der Waals surface area (Å²) in [6.45, 7) is 5.25. The number of thioether (sulfide) groups is 1. The summed E-state index contributed by atoms with van der Waals surface area (Å²) in [7, 11) is 0. The Bertz CT molecular complexity index is 441. The van der Waals surface area contributed by atoms with Crippen LogP contribution in [0.2, 0.25) is 0 Å². The van der Waals surface area contributed by atoms with E-state index in [4.69, 9.17) is 5.73 Å². The summed E-state index contributed by atoms with van der Waals surface area (Å²) in [5.74, 6) is 1.70. The summed E-state index contributed by atoms with van der Waals surface area (Å²) in [5.41, 5.74) is 5.65. The Balaban J connectivity index is 1.89. The highest BCUT2D eigenvalue weighted by Gasteiger charge is 2.29. The van der Waals surface area contributed by atoms with E-state index in [-0.39, 0.29) is 5.91 Å². The molecule has 1 amide bonds. The van der Waals surface area contributed by atoms with Crippen LogP contribution in [0.3, 0.4) is 0 Å². The van der Waals surface area contributed by atoms with Crippen LogP contribution < -0.4 is 11.1 Å². The largest absolute Gasteiger partial charge is 0.355 e. The molecule has 1 fully saturated rings. The Kier molecular flexibility index (Phi) is 4.81. The molecule has 6 nitrogen and oxygen atoms in total. The quantitative estimate of drug-likeness (QED) is 0.727. The maximum Gasteiger partial charge on any atom is 0.230 e. The SMILES string of the molecule is CC(C)CNC(=O)CSc1nnc(CN)n1C1CC1. The first kappa shape index (κ1) is 14.3. The van der Waals surface area contributed by atoms with Crippen LogP contribution in [-0.4, -0.2) is 33.0 Å². The predicted molar refractivity (Wildman–Crippen MR) is 74.8 cm³/mol. The topological polar surface area (TPSA) is 85.8 Å². The third kappa shape index (κ3) is 3.94. The second kappa shape index (κ2) is 6.38. The lowest BCUT2D eigenvalue weighted by Crippen LogP contribution is -2.28. The molecule has 1 aromatic heterocycles. The summed E-state index contributed by atoms with van der Waals surface area (Å²) in [6, 6.07) is 0.481. The van der Waals surface area contributed by atoms with Crippen LogP contribution in [0, 0.1) is 5.92 Å². The first-order valence-electron chi connectivity index (χ1n) is 6.65. The minimum absolute atomic E-state index is 0.0401. The average molecular weight is 283 g/mol. The van der Waals surface area contributed by atoms with Crippen molar-refractivity contribution in [2.45, 2.75) is 44.4 Å². The van der Waals surface area contributed by atoms with Gasteiger partial charge in [0.15, 0.2) is 5.16 Å². The molecule has 2 rings (SSSR count). The molecule has 1 aromatic rings. The van der Waals surface area contributed by atoms with E-state index < -0.39 is 0 Å². The molecule has 19 heavy (non-hydrogen) atoms. The molecular formula is C12H21N5OS. The minimum Gasteiger partial charge on any atom is -0.355 e. The van der Waals surface area contributed by atoms with E-state index in [2.05, 4.69) is 33.9 Å². The zero-order chi connectivity index (χ0) is 13.8. The van der Waals surface area contributed by atoms with Gasteiger partial charge < -0.3 is 15.6 Å². The van der Waals surface area contributed by atoms with Gasteiger partial charge in [0.05, 0.1) is 12.3 Å². The molecule has 7 heteroatoms. The molecule has 0 saturated heterocycles. The standard InChI is InChI=1S/C12H21N5OS/c1-8(2)6-14-11(18)7-19-12-16-15-10(5-13)17(12)9-3-4-9/h8-9H,3-7,13H2,1-2H3,(H,14,18). The molecule has 3 N–H and O–H groups in total. The number of aromatic nitrogens is 3. The molecule has 106 valence electrons. The van der Waals surface area contributed by atoms with Gasteiger partial charge in [-0.25, -0.2) is 0 Å². The van der Waals surface area contributed by atoms with E-state index in [1.807, 2.05) is 0 Å². The number of carbonyl (C=O) groups is 1. The van der Waals surface area contributed by atoms with Gasteiger partial charge in [-0.1, -0.05) is 25.6 Å². The molecule has 0 unspecified atom stereocenters. The molecule has 0 radical (unpaired) electrons. The monoisotopic (exact) mass is 283 g/mol. The highest BCUT2D eigenvalue weighted by molar-refractivity contribution is 7.99. The predicted octanol–water partition coefficient (Wildman–Crippen LogP) is 0.936. The van der Waals surface area contributed by atoms with Gasteiger partial charge in [-0.2, -0.15) is 0 Å². The van der Waals surface area contributed by atoms with E-state index in [0.29, 0.717) is 30.8 Å². The summed E-state index contributed by atoms with van der Waals surface area (Å²) in [4.78, 5) is 11.7. The van der Waals surface area contributed by atoms with Gasteiger partial charge in [-0.3, -0.25) is 4.79 Å². The van der Waals surface area contributed by atoms with Gasteiger partial charge in [-0.05, 0) is 18.8 Å². The molecule has 0 aromatic carbocycles. The molecule has 0 bridgehead atoms. The Hall–Kier alpha value is -1.08. The smallest absolute Gasteiger partial charge is 0.230 e. The first-order valence-corrected chi connectivity index (χ1v) is 7.63. The van der Waals surface area contributed by atoms with Gasteiger partial charge in [-0.15, -0.1) is 10.2 Å². The molecule has 0 aliphatic heterocycles. The number of hydrogen-bond donors (Lipinski definition) is 2. The maximum atomic E-state index is 11.7. The summed E-state index contributed by atoms with van der Waals surface area (Å²) in [5, 5.41) is 11.9. The van der Waals surface area contributed by atoms with Crippen LogP contribution in [0.15, 0.2) is 5.16 Å². The highest BCUT2D eigenvalue weighted by atomic mass is 32.2. The van der Waals surface area contributed by atoms with Crippen molar-refractivity contribution in [2.75, 3.05) is 12.3 Å². The number of carbonyl (C=O) groups excluding carboxylic acids is 1. The summed E-state index contributed by atoms with van der Waals surface area (Å²) < 4.78 is 2.08.